The molecule has 0 heterocycles. The van der Waals surface area contributed by atoms with Gasteiger partial charge in [-0.1, -0.05) is 0 Å². The van der Waals surface area contributed by atoms with Gasteiger partial charge in [0.25, 0.3) is 0 Å². The highest BCUT2D eigenvalue weighted by molar-refractivity contribution is 5.98. The summed E-state index contributed by atoms with van der Waals surface area (Å²) in [5, 5.41) is 5.06. The van der Waals surface area contributed by atoms with E-state index >= 15 is 0 Å². The summed E-state index contributed by atoms with van der Waals surface area (Å²) in [6.07, 6.45) is 1.45. The van der Waals surface area contributed by atoms with Crippen LogP contribution < -0.4 is 16.4 Å². The summed E-state index contributed by atoms with van der Waals surface area (Å²) in [6, 6.07) is 4.02. The molecule has 1 aromatic carbocycles. The molecule has 5 nitrogen and oxygen atoms in total. The second-order valence-corrected chi connectivity index (χ2v) is 4.81. The minimum absolute atomic E-state index is 0.0518. The number of hydrogen-bond acceptors (Lipinski definition) is 3. The average molecular weight is 265 g/mol. The normalized spacial score (nSPS) is 15.7. The number of anilines is 2. The molecule has 6 heteroatoms. The highest BCUT2D eigenvalue weighted by Crippen LogP contribution is 2.45. The van der Waals surface area contributed by atoms with Crippen LogP contribution in [0.25, 0.3) is 0 Å². The van der Waals surface area contributed by atoms with Gasteiger partial charge in [-0.25, -0.2) is 4.39 Å². The number of nitrogens with two attached hydrogens (primary N) is 1. The van der Waals surface area contributed by atoms with Gasteiger partial charge < -0.3 is 16.4 Å². The zero-order valence-electron chi connectivity index (χ0n) is 10.6. The van der Waals surface area contributed by atoms with E-state index in [-0.39, 0.29) is 24.0 Å². The largest absolute Gasteiger partial charge is 0.329 e. The standard InChI is InChI=1S/C13H16FN3O2/c1-8(18)16-9-2-3-10(14)11(6-9)17-12(19)13(7-15)4-5-13/h2-3,6H,4-5,7,15H2,1H3,(H,16,18)(H,17,19). The predicted molar refractivity (Wildman–Crippen MR) is 70.1 cm³/mol. The fourth-order valence-corrected chi connectivity index (χ4v) is 1.83. The maximum absolute atomic E-state index is 13.6. The molecule has 0 aromatic heterocycles. The molecule has 1 aliphatic carbocycles. The first-order valence-electron chi connectivity index (χ1n) is 6.05. The first kappa shape index (κ1) is 13.5. The topological polar surface area (TPSA) is 84.2 Å². The lowest BCUT2D eigenvalue weighted by molar-refractivity contribution is -0.120. The SMILES string of the molecule is CC(=O)Nc1ccc(F)c(NC(=O)C2(CN)CC2)c1. The fraction of sp³-hybridized carbons (Fsp3) is 0.385. The van der Waals surface area contributed by atoms with Crippen LogP contribution in [0, 0.1) is 11.2 Å². The van der Waals surface area contributed by atoms with E-state index in [1.165, 1.54) is 25.1 Å². The number of carbonyl (C=O) groups excluding carboxylic acids is 2. The van der Waals surface area contributed by atoms with Crippen molar-refractivity contribution in [2.24, 2.45) is 11.1 Å². The van der Waals surface area contributed by atoms with Crippen molar-refractivity contribution in [3.05, 3.63) is 24.0 Å². The highest BCUT2D eigenvalue weighted by atomic mass is 19.1. The zero-order valence-corrected chi connectivity index (χ0v) is 10.6. The van der Waals surface area contributed by atoms with E-state index in [2.05, 4.69) is 10.6 Å². The number of carbonyl (C=O) groups is 2. The summed E-state index contributed by atoms with van der Waals surface area (Å²) in [7, 11) is 0. The van der Waals surface area contributed by atoms with E-state index in [0.29, 0.717) is 5.69 Å². The maximum Gasteiger partial charge on any atom is 0.231 e. The van der Waals surface area contributed by atoms with Gasteiger partial charge in [-0.15, -0.1) is 0 Å². The molecule has 1 aliphatic rings. The zero-order chi connectivity index (χ0) is 14.0. The van der Waals surface area contributed by atoms with Crippen molar-refractivity contribution in [3.8, 4) is 0 Å². The highest BCUT2D eigenvalue weighted by Gasteiger charge is 2.48. The molecular weight excluding hydrogens is 249 g/mol. The van der Waals surface area contributed by atoms with Crippen LogP contribution in [0.2, 0.25) is 0 Å². The molecule has 4 N–H and O–H groups in total. The van der Waals surface area contributed by atoms with E-state index in [9.17, 15) is 14.0 Å². The Hall–Kier alpha value is -1.95. The van der Waals surface area contributed by atoms with Crippen LogP contribution in [0.15, 0.2) is 18.2 Å². The number of hydrogen-bond donors (Lipinski definition) is 3. The number of benzene rings is 1. The molecule has 0 aliphatic heterocycles. The maximum atomic E-state index is 13.6. The fourth-order valence-electron chi connectivity index (χ4n) is 1.83. The summed E-state index contributed by atoms with van der Waals surface area (Å²) in [5.74, 6) is -1.08. The van der Waals surface area contributed by atoms with Crippen molar-refractivity contribution in [2.45, 2.75) is 19.8 Å². The van der Waals surface area contributed by atoms with E-state index < -0.39 is 11.2 Å². The van der Waals surface area contributed by atoms with Crippen LogP contribution in [-0.2, 0) is 9.59 Å². The lowest BCUT2D eigenvalue weighted by Crippen LogP contribution is -2.31. The lowest BCUT2D eigenvalue weighted by atomic mass is 10.1. The van der Waals surface area contributed by atoms with Gasteiger partial charge in [0.1, 0.15) is 5.82 Å². The third-order valence-corrected chi connectivity index (χ3v) is 3.26. The number of rotatable bonds is 4. The van der Waals surface area contributed by atoms with E-state index in [0.717, 1.165) is 12.8 Å². The molecule has 0 spiro atoms. The Labute approximate surface area is 110 Å². The average Bonchev–Trinajstić information content (AvgIpc) is 3.13. The third-order valence-electron chi connectivity index (χ3n) is 3.26. The molecule has 1 saturated carbocycles. The third kappa shape index (κ3) is 2.90. The van der Waals surface area contributed by atoms with Gasteiger partial charge in [0.15, 0.2) is 0 Å². The first-order valence-corrected chi connectivity index (χ1v) is 6.05. The summed E-state index contributed by atoms with van der Waals surface area (Å²) >= 11 is 0. The second-order valence-electron chi connectivity index (χ2n) is 4.81. The molecule has 1 aromatic rings. The molecular formula is C13H16FN3O2. The predicted octanol–water partition coefficient (Wildman–Crippen LogP) is 1.46. The lowest BCUT2D eigenvalue weighted by Gasteiger charge is -2.14. The number of nitrogens with one attached hydrogen (secondary N) is 2. The Morgan fingerprint density at radius 3 is 2.58 bits per heavy atom. The van der Waals surface area contributed by atoms with Gasteiger partial charge in [-0.2, -0.15) is 0 Å². The molecule has 102 valence electrons. The summed E-state index contributed by atoms with van der Waals surface area (Å²) in [4.78, 5) is 22.9. The Morgan fingerprint density at radius 1 is 1.37 bits per heavy atom. The van der Waals surface area contributed by atoms with Gasteiger partial charge in [0.2, 0.25) is 11.8 Å². The monoisotopic (exact) mass is 265 g/mol. The van der Waals surface area contributed by atoms with Gasteiger partial charge in [-0.05, 0) is 31.0 Å². The molecule has 2 amide bonds. The van der Waals surface area contributed by atoms with Crippen LogP contribution in [-0.4, -0.2) is 18.4 Å². The van der Waals surface area contributed by atoms with Crippen molar-refractivity contribution >= 4 is 23.2 Å². The van der Waals surface area contributed by atoms with Crippen molar-refractivity contribution < 1.29 is 14.0 Å². The second kappa shape index (κ2) is 4.97. The molecule has 0 radical (unpaired) electrons. The Morgan fingerprint density at radius 2 is 2.05 bits per heavy atom. The number of halogens is 1. The summed E-state index contributed by atoms with van der Waals surface area (Å²) in [5.41, 5.74) is 5.48. The molecule has 19 heavy (non-hydrogen) atoms. The minimum Gasteiger partial charge on any atom is -0.329 e. The van der Waals surface area contributed by atoms with Crippen LogP contribution in [0.1, 0.15) is 19.8 Å². The molecule has 1 fully saturated rings. The minimum atomic E-state index is -0.546. The summed E-state index contributed by atoms with van der Waals surface area (Å²) in [6.45, 7) is 1.61. The van der Waals surface area contributed by atoms with Crippen LogP contribution >= 0.6 is 0 Å². The van der Waals surface area contributed by atoms with Crippen LogP contribution in [0.3, 0.4) is 0 Å². The van der Waals surface area contributed by atoms with Crippen molar-refractivity contribution in [3.63, 3.8) is 0 Å². The Balaban J connectivity index is 2.15. The molecule has 0 bridgehead atoms. The van der Waals surface area contributed by atoms with Crippen molar-refractivity contribution in [2.75, 3.05) is 17.2 Å². The number of amides is 2. The quantitative estimate of drug-likeness (QED) is 0.770. The van der Waals surface area contributed by atoms with Crippen molar-refractivity contribution in [1.29, 1.82) is 0 Å². The smallest absolute Gasteiger partial charge is 0.231 e. The molecule has 2 rings (SSSR count). The van der Waals surface area contributed by atoms with Gasteiger partial charge in [0, 0.05) is 19.2 Å². The van der Waals surface area contributed by atoms with Crippen LogP contribution in [0.4, 0.5) is 15.8 Å². The van der Waals surface area contributed by atoms with Gasteiger partial charge in [-0.3, -0.25) is 9.59 Å². The van der Waals surface area contributed by atoms with Crippen LogP contribution in [0.5, 0.6) is 0 Å². The Bertz CT molecular complexity index is 527. The van der Waals surface area contributed by atoms with Crippen molar-refractivity contribution in [1.82, 2.24) is 0 Å². The molecule has 0 saturated heterocycles. The molecule has 0 unspecified atom stereocenters. The Kier molecular flexibility index (Phi) is 3.53. The summed E-state index contributed by atoms with van der Waals surface area (Å²) < 4.78 is 13.6. The van der Waals surface area contributed by atoms with Gasteiger partial charge in [0.05, 0.1) is 11.1 Å². The van der Waals surface area contributed by atoms with E-state index in [4.69, 9.17) is 5.73 Å². The van der Waals surface area contributed by atoms with E-state index in [1.807, 2.05) is 0 Å². The van der Waals surface area contributed by atoms with E-state index in [1.54, 1.807) is 0 Å². The van der Waals surface area contributed by atoms with Gasteiger partial charge >= 0.3 is 0 Å². The first-order chi connectivity index (χ1) is 8.97. The molecule has 0 atom stereocenters.